The van der Waals surface area contributed by atoms with Crippen molar-refractivity contribution in [2.45, 2.75) is 63.8 Å². The van der Waals surface area contributed by atoms with Crippen molar-refractivity contribution in [2.75, 3.05) is 27.4 Å². The third-order valence-electron chi connectivity index (χ3n) is 7.31. The summed E-state index contributed by atoms with van der Waals surface area (Å²) in [6.45, 7) is 6.03. The maximum absolute atomic E-state index is 14.3. The fraction of sp³-hybridized carbons (Fsp3) is 0.400. The lowest BCUT2D eigenvalue weighted by Gasteiger charge is -2.31. The average Bonchev–Trinajstić information content (AvgIpc) is 3.44. The molecule has 1 heterocycles. The number of halogens is 1. The van der Waals surface area contributed by atoms with Gasteiger partial charge < -0.3 is 28.8 Å². The Morgan fingerprint density at radius 2 is 1.70 bits per heavy atom. The van der Waals surface area contributed by atoms with Gasteiger partial charge >= 0.3 is 5.97 Å². The first-order valence-corrected chi connectivity index (χ1v) is 16.1. The van der Waals surface area contributed by atoms with Crippen LogP contribution < -0.4 is 25.1 Å². The van der Waals surface area contributed by atoms with E-state index in [0.29, 0.717) is 41.4 Å². The largest absolute Gasteiger partial charge is 0.497 e. The molecule has 11 nitrogen and oxygen atoms in total. The highest BCUT2D eigenvalue weighted by atomic mass is 79.9. The predicted octanol–water partition coefficient (Wildman–Crippen LogP) is 5.43. The highest BCUT2D eigenvalue weighted by Crippen LogP contribution is 2.43. The highest BCUT2D eigenvalue weighted by molar-refractivity contribution is 9.10. The number of aliphatic imine (C=N–C) groups is 1. The summed E-state index contributed by atoms with van der Waals surface area (Å²) in [5, 5.41) is 9.06. The number of aliphatic hydroxyl groups is 1. The Hall–Kier alpha value is -4.13. The van der Waals surface area contributed by atoms with Crippen molar-refractivity contribution in [3.63, 3.8) is 0 Å². The number of benzene rings is 3. The van der Waals surface area contributed by atoms with Gasteiger partial charge in [0.2, 0.25) is 5.90 Å². The van der Waals surface area contributed by atoms with Gasteiger partial charge in [-0.05, 0) is 75.2 Å². The third-order valence-corrected chi connectivity index (χ3v) is 7.84. The van der Waals surface area contributed by atoms with Crippen LogP contribution in [0.15, 0.2) is 76.2 Å². The smallest absolute Gasteiger partial charge is 0.306 e. The minimum atomic E-state index is -1.55. The molecule has 4 rings (SSSR count). The number of hydrazine groups is 1. The summed E-state index contributed by atoms with van der Waals surface area (Å²) < 4.78 is 29.4. The first-order chi connectivity index (χ1) is 22.5. The molecule has 0 saturated heterocycles. The number of amides is 1. The maximum atomic E-state index is 14.3. The van der Waals surface area contributed by atoms with Crippen molar-refractivity contribution in [1.82, 2.24) is 10.9 Å². The summed E-state index contributed by atoms with van der Waals surface area (Å²) in [5.41, 5.74) is 5.70. The van der Waals surface area contributed by atoms with Gasteiger partial charge in [0.1, 0.15) is 22.8 Å². The van der Waals surface area contributed by atoms with Gasteiger partial charge in [-0.3, -0.25) is 15.0 Å². The summed E-state index contributed by atoms with van der Waals surface area (Å²) in [5.74, 6) is 1.16. The number of methoxy groups -OCH3 is 2. The van der Waals surface area contributed by atoms with E-state index >= 15 is 0 Å². The molecule has 0 saturated carbocycles. The summed E-state index contributed by atoms with van der Waals surface area (Å²) >= 11 is 3.48. The van der Waals surface area contributed by atoms with Gasteiger partial charge in [0.25, 0.3) is 5.91 Å². The zero-order valence-electron chi connectivity index (χ0n) is 27.3. The van der Waals surface area contributed by atoms with Crippen molar-refractivity contribution in [3.05, 3.63) is 87.9 Å². The van der Waals surface area contributed by atoms with Crippen LogP contribution in [0.5, 0.6) is 17.2 Å². The molecule has 252 valence electrons. The van der Waals surface area contributed by atoms with Gasteiger partial charge in [-0.25, -0.2) is 10.4 Å². The average molecular weight is 713 g/mol. The predicted molar refractivity (Wildman–Crippen MR) is 180 cm³/mol. The van der Waals surface area contributed by atoms with Crippen LogP contribution in [0.3, 0.4) is 0 Å². The summed E-state index contributed by atoms with van der Waals surface area (Å²) in [6.07, 6.45) is -0.428. The first kappa shape index (κ1) is 35.7. The van der Waals surface area contributed by atoms with Gasteiger partial charge in [0.05, 0.1) is 20.8 Å². The van der Waals surface area contributed by atoms with Crippen LogP contribution in [0.1, 0.15) is 62.8 Å². The van der Waals surface area contributed by atoms with Gasteiger partial charge in [0, 0.05) is 47.7 Å². The highest BCUT2D eigenvalue weighted by Gasteiger charge is 2.53. The molecule has 2 atom stereocenters. The minimum Gasteiger partial charge on any atom is -0.497 e. The molecule has 1 aliphatic heterocycles. The molecular weight excluding hydrogens is 670 g/mol. The van der Waals surface area contributed by atoms with Gasteiger partial charge in [-0.1, -0.05) is 34.1 Å². The number of hydrogen-bond donors (Lipinski definition) is 3. The van der Waals surface area contributed by atoms with E-state index in [0.717, 1.165) is 10.0 Å². The van der Waals surface area contributed by atoms with Crippen LogP contribution in [0.2, 0.25) is 0 Å². The molecular formula is C35H42BrN3O8. The SMILES string of the molecule is COc1ccc(CNNC(=O)[C@@]2(CCC(=O)OC(C)(C)C)N=C(c3ccc(OCCCO)cc3)O[C@H]2c2ccc(Br)cc2)c(OC)c1. The molecule has 12 heteroatoms. The van der Waals surface area contributed by atoms with E-state index in [1.807, 2.05) is 30.3 Å². The zero-order chi connectivity index (χ0) is 34.0. The second-order valence-electron chi connectivity index (χ2n) is 11.9. The minimum absolute atomic E-state index is 0.00781. The molecule has 1 aliphatic rings. The number of carbonyl (C=O) groups is 2. The number of rotatable bonds is 15. The normalized spacial score (nSPS) is 17.3. The summed E-state index contributed by atoms with van der Waals surface area (Å²) in [4.78, 5) is 32.2. The number of ether oxygens (including phenoxy) is 5. The van der Waals surface area contributed by atoms with Crippen LogP contribution in [-0.4, -0.2) is 61.5 Å². The van der Waals surface area contributed by atoms with Crippen molar-refractivity contribution in [3.8, 4) is 17.2 Å². The molecule has 0 unspecified atom stereocenters. The van der Waals surface area contributed by atoms with E-state index in [-0.39, 0.29) is 31.9 Å². The first-order valence-electron chi connectivity index (χ1n) is 15.3. The maximum Gasteiger partial charge on any atom is 0.306 e. The Labute approximate surface area is 283 Å². The molecule has 0 spiro atoms. The zero-order valence-corrected chi connectivity index (χ0v) is 28.9. The second kappa shape index (κ2) is 16.1. The molecule has 1 amide bonds. The molecule has 0 radical (unpaired) electrons. The van der Waals surface area contributed by atoms with Crippen molar-refractivity contribution >= 4 is 33.7 Å². The standard InChI is InChI=1S/C35H42BrN3O8/c1-34(2,3)47-30(41)17-18-35(33(42)39-37-22-25-11-16-28(43-4)21-29(25)44-5)31(23-7-12-26(36)13-8-23)46-32(38-35)24-9-14-27(15-10-24)45-20-6-19-40/h7-16,21,31,37,40H,6,17-20,22H2,1-5H3,(H,39,42)/t31-,35-/m0/s1. The molecule has 3 aromatic rings. The van der Waals surface area contributed by atoms with Crippen LogP contribution >= 0.6 is 15.9 Å². The Morgan fingerprint density at radius 1 is 1.00 bits per heavy atom. The quantitative estimate of drug-likeness (QED) is 0.107. The molecule has 47 heavy (non-hydrogen) atoms. The molecule has 3 N–H and O–H groups in total. The van der Waals surface area contributed by atoms with E-state index < -0.39 is 29.1 Å². The molecule has 0 aliphatic carbocycles. The monoisotopic (exact) mass is 711 g/mol. The van der Waals surface area contributed by atoms with Crippen LogP contribution in [0, 0.1) is 0 Å². The van der Waals surface area contributed by atoms with Crippen molar-refractivity contribution < 1.29 is 38.4 Å². The molecule has 0 fully saturated rings. The number of esters is 1. The van der Waals surface area contributed by atoms with E-state index in [1.165, 1.54) is 0 Å². The summed E-state index contributed by atoms with van der Waals surface area (Å²) in [6, 6.07) is 20.0. The summed E-state index contributed by atoms with van der Waals surface area (Å²) in [7, 11) is 3.14. The Morgan fingerprint density at radius 3 is 2.34 bits per heavy atom. The fourth-order valence-corrected chi connectivity index (χ4v) is 5.28. The lowest BCUT2D eigenvalue weighted by atomic mass is 9.83. The Kier molecular flexibility index (Phi) is 12.3. The van der Waals surface area contributed by atoms with E-state index in [2.05, 4.69) is 26.8 Å². The Bertz CT molecular complexity index is 1540. The number of nitrogens with one attached hydrogen (secondary N) is 2. The van der Waals surface area contributed by atoms with Gasteiger partial charge in [-0.15, -0.1) is 0 Å². The number of nitrogens with zero attached hydrogens (tertiary/aromatic N) is 1. The number of hydrogen-bond acceptors (Lipinski definition) is 10. The third kappa shape index (κ3) is 9.46. The van der Waals surface area contributed by atoms with Crippen molar-refractivity contribution in [1.29, 1.82) is 0 Å². The second-order valence-corrected chi connectivity index (χ2v) is 12.8. The lowest BCUT2D eigenvalue weighted by Crippen LogP contribution is -2.52. The number of aliphatic hydroxyl groups excluding tert-OH is 1. The van der Waals surface area contributed by atoms with E-state index in [4.69, 9.17) is 33.8 Å². The molecule has 0 bridgehead atoms. The molecule has 0 aromatic heterocycles. The van der Waals surface area contributed by atoms with Gasteiger partial charge in [0.15, 0.2) is 11.6 Å². The van der Waals surface area contributed by atoms with E-state index in [1.54, 1.807) is 71.4 Å². The fourth-order valence-electron chi connectivity index (χ4n) is 5.02. The van der Waals surface area contributed by atoms with Crippen molar-refractivity contribution in [2.24, 2.45) is 4.99 Å². The van der Waals surface area contributed by atoms with E-state index in [9.17, 15) is 9.59 Å². The molecule has 3 aromatic carbocycles. The van der Waals surface area contributed by atoms with Gasteiger partial charge in [-0.2, -0.15) is 0 Å². The number of carbonyl (C=O) groups excluding carboxylic acids is 2. The lowest BCUT2D eigenvalue weighted by molar-refractivity contribution is -0.155. The van der Waals surface area contributed by atoms with Crippen LogP contribution in [0.25, 0.3) is 0 Å². The Balaban J connectivity index is 1.68. The van der Waals surface area contributed by atoms with Crippen LogP contribution in [-0.2, 0) is 25.6 Å². The topological polar surface area (TPSA) is 137 Å². The van der Waals surface area contributed by atoms with Crippen LogP contribution in [0.4, 0.5) is 0 Å².